The third kappa shape index (κ3) is 5.79. The average Bonchev–Trinajstić information content (AvgIpc) is 3.32. The van der Waals surface area contributed by atoms with E-state index in [9.17, 15) is 28.2 Å². The molecule has 0 radical (unpaired) electrons. The van der Waals surface area contributed by atoms with E-state index in [4.69, 9.17) is 9.47 Å². The molecule has 3 saturated carbocycles. The number of ether oxygens (including phenoxy) is 2. The maximum Gasteiger partial charge on any atom is 0.432 e. The maximum absolute atomic E-state index is 14.8. The first-order valence-electron chi connectivity index (χ1n) is 17.0. The van der Waals surface area contributed by atoms with Gasteiger partial charge >= 0.3 is 12.1 Å². The minimum atomic E-state index is -5.07. The van der Waals surface area contributed by atoms with Crippen LogP contribution in [0.2, 0.25) is 0 Å². The Hall–Kier alpha value is -1.90. The number of esters is 1. The SMILES string of the molecule is CO[C@@](C(=O)O[C@H]1C[C@@H]2C(=CC[C@]3(C)[C@@H]([C@H](C)CCCC(C)C)CC[C@@H]23)[C@@]2(C)C[C@H](O)[C@@H](O)C[C@H]12)(c1ccccc1)C(F)(F)F. The van der Waals surface area contributed by atoms with Crippen molar-refractivity contribution in [3.05, 3.63) is 47.5 Å². The summed E-state index contributed by atoms with van der Waals surface area (Å²) in [6, 6.07) is 6.94. The van der Waals surface area contributed by atoms with E-state index >= 15 is 0 Å². The number of rotatable bonds is 9. The predicted molar refractivity (Wildman–Crippen MR) is 167 cm³/mol. The summed E-state index contributed by atoms with van der Waals surface area (Å²) in [6.45, 7) is 11.4. The van der Waals surface area contributed by atoms with Crippen molar-refractivity contribution in [2.24, 2.45) is 46.3 Å². The zero-order valence-corrected chi connectivity index (χ0v) is 27.8. The van der Waals surface area contributed by atoms with Crippen molar-refractivity contribution in [3.63, 3.8) is 0 Å². The smallest absolute Gasteiger partial charge is 0.432 e. The van der Waals surface area contributed by atoms with E-state index in [1.807, 2.05) is 0 Å². The second-order valence-corrected chi connectivity index (χ2v) is 15.6. The Morgan fingerprint density at radius 3 is 2.31 bits per heavy atom. The second-order valence-electron chi connectivity index (χ2n) is 15.6. The minimum Gasteiger partial charge on any atom is -0.459 e. The molecule has 1 aromatic rings. The van der Waals surface area contributed by atoms with Crippen LogP contribution in [0.4, 0.5) is 13.2 Å². The highest BCUT2D eigenvalue weighted by Crippen LogP contribution is 2.67. The molecule has 5 nitrogen and oxygen atoms in total. The Balaban J connectivity index is 1.49. The molecule has 3 fully saturated rings. The second kappa shape index (κ2) is 12.6. The lowest BCUT2D eigenvalue weighted by atomic mass is 9.47. The normalized spacial score (nSPS) is 38.4. The van der Waals surface area contributed by atoms with E-state index < -0.39 is 47.4 Å². The number of aliphatic hydroxyl groups excluding tert-OH is 2. The lowest BCUT2D eigenvalue weighted by Crippen LogP contribution is -2.59. The topological polar surface area (TPSA) is 76.0 Å². The van der Waals surface area contributed by atoms with Crippen molar-refractivity contribution in [3.8, 4) is 0 Å². The highest BCUT2D eigenvalue weighted by molar-refractivity contribution is 5.83. The van der Waals surface area contributed by atoms with Gasteiger partial charge in [0.05, 0.1) is 12.2 Å². The average molecular weight is 635 g/mol. The maximum atomic E-state index is 14.8. The van der Waals surface area contributed by atoms with Crippen molar-refractivity contribution >= 4 is 5.97 Å². The van der Waals surface area contributed by atoms with Gasteiger partial charge in [0.25, 0.3) is 5.60 Å². The Morgan fingerprint density at radius 2 is 1.69 bits per heavy atom. The Labute approximate surface area is 267 Å². The van der Waals surface area contributed by atoms with E-state index in [1.54, 1.807) is 6.07 Å². The number of alkyl halides is 3. The van der Waals surface area contributed by atoms with Gasteiger partial charge in [-0.1, -0.05) is 95.9 Å². The fraction of sp³-hybridized carbons (Fsp3) is 0.757. The van der Waals surface area contributed by atoms with Crippen molar-refractivity contribution in [1.29, 1.82) is 0 Å². The largest absolute Gasteiger partial charge is 0.459 e. The van der Waals surface area contributed by atoms with Gasteiger partial charge in [-0.05, 0) is 78.9 Å². The predicted octanol–water partition coefficient (Wildman–Crippen LogP) is 7.99. The van der Waals surface area contributed by atoms with Crippen LogP contribution in [0.3, 0.4) is 0 Å². The number of carbonyl (C=O) groups is 1. The van der Waals surface area contributed by atoms with E-state index in [0.29, 0.717) is 30.1 Å². The number of allylic oxidation sites excluding steroid dienone is 2. The number of hydrogen-bond donors (Lipinski definition) is 2. The van der Waals surface area contributed by atoms with Crippen LogP contribution in [0.15, 0.2) is 42.0 Å². The molecule has 0 heterocycles. The fourth-order valence-electron chi connectivity index (χ4n) is 10.3. The van der Waals surface area contributed by atoms with Crippen LogP contribution in [0, 0.1) is 46.3 Å². The summed E-state index contributed by atoms with van der Waals surface area (Å²) in [6.07, 6.45) is 1.95. The third-order valence-corrected chi connectivity index (χ3v) is 12.7. The number of benzene rings is 1. The quantitative estimate of drug-likeness (QED) is 0.213. The molecule has 0 unspecified atom stereocenters. The van der Waals surface area contributed by atoms with Gasteiger partial charge in [0.2, 0.25) is 0 Å². The molecule has 45 heavy (non-hydrogen) atoms. The van der Waals surface area contributed by atoms with Crippen molar-refractivity contribution in [2.75, 3.05) is 7.11 Å². The highest BCUT2D eigenvalue weighted by Gasteiger charge is 2.66. The van der Waals surface area contributed by atoms with Crippen LogP contribution in [0.1, 0.15) is 98.0 Å². The molecule has 11 atom stereocenters. The summed E-state index contributed by atoms with van der Waals surface area (Å²) in [7, 11) is 0.891. The van der Waals surface area contributed by atoms with Gasteiger partial charge in [0.15, 0.2) is 0 Å². The van der Waals surface area contributed by atoms with Gasteiger partial charge < -0.3 is 19.7 Å². The van der Waals surface area contributed by atoms with Gasteiger partial charge in [-0.3, -0.25) is 0 Å². The van der Waals surface area contributed by atoms with E-state index in [1.165, 1.54) is 49.1 Å². The molecule has 4 aliphatic rings. The number of hydrogen-bond acceptors (Lipinski definition) is 5. The fourth-order valence-corrected chi connectivity index (χ4v) is 10.3. The molecule has 4 aliphatic carbocycles. The first-order valence-corrected chi connectivity index (χ1v) is 17.0. The molecule has 5 rings (SSSR count). The molecule has 0 aliphatic heterocycles. The van der Waals surface area contributed by atoms with Gasteiger partial charge in [-0.15, -0.1) is 0 Å². The first-order chi connectivity index (χ1) is 21.1. The summed E-state index contributed by atoms with van der Waals surface area (Å²) in [5.74, 6) is 0.214. The number of halogens is 3. The van der Waals surface area contributed by atoms with Crippen LogP contribution in [0.5, 0.6) is 0 Å². The van der Waals surface area contributed by atoms with Crippen LogP contribution >= 0.6 is 0 Å². The summed E-state index contributed by atoms with van der Waals surface area (Å²) < 4.78 is 55.6. The summed E-state index contributed by atoms with van der Waals surface area (Å²) in [5, 5.41) is 21.7. The standard InChI is InChI=1S/C37H53F3O5/c1-22(2)11-10-12-23(3)26-15-16-27-25-19-32(45-33(43)36(44-6,37(38,39)40)24-13-8-7-9-14-24)29-20-30(41)31(42)21-35(29,5)28(25)17-18-34(26,27)4/h7-9,13-14,17,22-23,25-27,29-32,41-42H,10-12,15-16,18-21H2,1-6H3/t23-,25+,26-,27+,29-,30+,31+,32+,34-,35-,36-/m1/s1. The molecule has 8 heteroatoms. The Kier molecular flexibility index (Phi) is 9.65. The lowest BCUT2D eigenvalue weighted by molar-refractivity contribution is -0.281. The number of carbonyl (C=O) groups excluding carboxylic acids is 1. The molecular formula is C37H53F3O5. The number of aliphatic hydroxyl groups is 2. The van der Waals surface area contributed by atoms with Crippen LogP contribution < -0.4 is 0 Å². The number of fused-ring (bicyclic) bond motifs is 5. The Morgan fingerprint density at radius 1 is 1.00 bits per heavy atom. The summed E-state index contributed by atoms with van der Waals surface area (Å²) in [4.78, 5) is 13.9. The molecule has 2 N–H and O–H groups in total. The van der Waals surface area contributed by atoms with Gasteiger partial charge in [-0.2, -0.15) is 13.2 Å². The molecule has 0 amide bonds. The van der Waals surface area contributed by atoms with Crippen LogP contribution in [-0.2, 0) is 19.9 Å². The summed E-state index contributed by atoms with van der Waals surface area (Å²) in [5.41, 5.74) is -2.95. The zero-order chi connectivity index (χ0) is 32.9. The monoisotopic (exact) mass is 634 g/mol. The molecule has 252 valence electrons. The van der Waals surface area contributed by atoms with Crippen molar-refractivity contribution in [2.45, 2.75) is 122 Å². The molecule has 0 bridgehead atoms. The molecule has 1 aromatic carbocycles. The van der Waals surface area contributed by atoms with E-state index in [0.717, 1.165) is 26.4 Å². The van der Waals surface area contributed by atoms with Crippen LogP contribution in [0.25, 0.3) is 0 Å². The lowest BCUT2D eigenvalue weighted by Gasteiger charge is -2.59. The Bertz CT molecular complexity index is 1230. The van der Waals surface area contributed by atoms with Crippen LogP contribution in [-0.4, -0.2) is 47.8 Å². The van der Waals surface area contributed by atoms with Gasteiger partial charge in [0, 0.05) is 18.6 Å². The zero-order valence-electron chi connectivity index (χ0n) is 27.8. The van der Waals surface area contributed by atoms with E-state index in [2.05, 4.69) is 40.7 Å². The highest BCUT2D eigenvalue weighted by atomic mass is 19.4. The van der Waals surface area contributed by atoms with Gasteiger partial charge in [-0.25, -0.2) is 4.79 Å². The number of methoxy groups -OCH3 is 1. The summed E-state index contributed by atoms with van der Waals surface area (Å²) >= 11 is 0. The van der Waals surface area contributed by atoms with Crippen molar-refractivity contribution < 1.29 is 37.7 Å². The molecule has 0 spiro atoms. The third-order valence-electron chi connectivity index (χ3n) is 12.7. The van der Waals surface area contributed by atoms with E-state index in [-0.39, 0.29) is 29.7 Å². The van der Waals surface area contributed by atoms with Crippen molar-refractivity contribution in [1.82, 2.24) is 0 Å². The molecule has 0 saturated heterocycles. The van der Waals surface area contributed by atoms with Gasteiger partial charge in [0.1, 0.15) is 6.10 Å². The molecule has 0 aromatic heterocycles. The first kappa shape index (κ1) is 34.4. The molecular weight excluding hydrogens is 581 g/mol. The minimum absolute atomic E-state index is 0.0256.